The first-order valence-corrected chi connectivity index (χ1v) is 5.54. The summed E-state index contributed by atoms with van der Waals surface area (Å²) >= 11 is 3.99. The van der Waals surface area contributed by atoms with Gasteiger partial charge in [-0.25, -0.2) is 0 Å². The highest BCUT2D eigenvalue weighted by atomic mass is 32.2. The van der Waals surface area contributed by atoms with Crippen LogP contribution >= 0.6 is 23.5 Å². The van der Waals surface area contributed by atoms with E-state index < -0.39 is 0 Å². The molecule has 1 aliphatic rings. The molecule has 1 nitrogen and oxygen atoms in total. The maximum Gasteiger partial charge on any atom is 0.0557 e. The summed E-state index contributed by atoms with van der Waals surface area (Å²) in [7, 11) is 0. The Bertz CT molecular complexity index is 39.5. The summed E-state index contributed by atoms with van der Waals surface area (Å²) in [6.45, 7) is 1.90. The molecule has 0 amide bonds. The van der Waals surface area contributed by atoms with Crippen LogP contribution in [-0.2, 0) is 4.74 Å². The zero-order chi connectivity index (χ0) is 6.36. The van der Waals surface area contributed by atoms with Gasteiger partial charge in [0.25, 0.3) is 0 Å². The minimum Gasteiger partial charge on any atom is -0.380 e. The number of rotatable bonds is 0. The molecule has 9 heavy (non-hydrogen) atoms. The fraction of sp³-hybridized carbons (Fsp3) is 1.00. The molecule has 0 spiro atoms. The molecular formula is C6H12OS2. The first-order chi connectivity index (χ1) is 4.50. The maximum absolute atomic E-state index is 5.31. The van der Waals surface area contributed by atoms with E-state index in [9.17, 15) is 0 Å². The molecule has 0 aromatic rings. The van der Waals surface area contributed by atoms with Gasteiger partial charge in [0.05, 0.1) is 13.2 Å². The molecule has 0 saturated carbocycles. The third kappa shape index (κ3) is 4.12. The second-order valence-electron chi connectivity index (χ2n) is 1.84. The Balaban J connectivity index is 2.02. The molecule has 0 unspecified atom stereocenters. The van der Waals surface area contributed by atoms with Crippen LogP contribution in [-0.4, -0.2) is 36.2 Å². The molecule has 3 heteroatoms. The fourth-order valence-corrected chi connectivity index (χ4v) is 2.48. The van der Waals surface area contributed by atoms with Crippen molar-refractivity contribution in [2.75, 3.05) is 36.2 Å². The van der Waals surface area contributed by atoms with Crippen molar-refractivity contribution in [3.63, 3.8) is 0 Å². The van der Waals surface area contributed by atoms with Gasteiger partial charge in [0.1, 0.15) is 0 Å². The Morgan fingerprint density at radius 3 is 1.89 bits per heavy atom. The Kier molecular flexibility index (Phi) is 4.70. The Morgan fingerprint density at radius 1 is 0.778 bits per heavy atom. The van der Waals surface area contributed by atoms with E-state index in [1.165, 1.54) is 23.0 Å². The Labute approximate surface area is 64.9 Å². The summed E-state index contributed by atoms with van der Waals surface area (Å²) in [4.78, 5) is 0. The van der Waals surface area contributed by atoms with E-state index in [0.717, 1.165) is 13.2 Å². The highest BCUT2D eigenvalue weighted by Gasteiger charge is 1.95. The summed E-state index contributed by atoms with van der Waals surface area (Å²) in [5.74, 6) is 4.96. The van der Waals surface area contributed by atoms with Crippen LogP contribution < -0.4 is 0 Å². The molecular weight excluding hydrogens is 152 g/mol. The lowest BCUT2D eigenvalue weighted by Gasteiger charge is -1.97. The Morgan fingerprint density at radius 2 is 1.33 bits per heavy atom. The topological polar surface area (TPSA) is 9.23 Å². The third-order valence-electron chi connectivity index (χ3n) is 1.12. The SMILES string of the molecule is C1CSCCSCCO1. The van der Waals surface area contributed by atoms with Crippen LogP contribution in [0.2, 0.25) is 0 Å². The molecule has 1 aliphatic heterocycles. The summed E-state index contributed by atoms with van der Waals surface area (Å²) in [6.07, 6.45) is 0. The van der Waals surface area contributed by atoms with E-state index in [4.69, 9.17) is 4.74 Å². The van der Waals surface area contributed by atoms with Crippen molar-refractivity contribution in [2.24, 2.45) is 0 Å². The van der Waals surface area contributed by atoms with Gasteiger partial charge in [0.15, 0.2) is 0 Å². The fourth-order valence-electron chi connectivity index (χ4n) is 0.660. The third-order valence-corrected chi connectivity index (χ3v) is 3.27. The molecule has 1 saturated heterocycles. The zero-order valence-corrected chi connectivity index (χ0v) is 7.10. The van der Waals surface area contributed by atoms with Crippen molar-refractivity contribution in [3.8, 4) is 0 Å². The minimum absolute atomic E-state index is 0.950. The van der Waals surface area contributed by atoms with Gasteiger partial charge in [-0.15, -0.1) is 0 Å². The van der Waals surface area contributed by atoms with Crippen LogP contribution in [0.1, 0.15) is 0 Å². The molecule has 1 fully saturated rings. The minimum atomic E-state index is 0.950. The van der Waals surface area contributed by atoms with Crippen LogP contribution in [0, 0.1) is 0 Å². The molecule has 0 atom stereocenters. The second-order valence-corrected chi connectivity index (χ2v) is 4.29. The van der Waals surface area contributed by atoms with Crippen molar-refractivity contribution in [1.82, 2.24) is 0 Å². The van der Waals surface area contributed by atoms with E-state index in [1.807, 2.05) is 23.5 Å². The van der Waals surface area contributed by atoms with Gasteiger partial charge < -0.3 is 4.74 Å². The van der Waals surface area contributed by atoms with Gasteiger partial charge in [-0.05, 0) is 0 Å². The van der Waals surface area contributed by atoms with E-state index in [2.05, 4.69) is 0 Å². The lowest BCUT2D eigenvalue weighted by atomic mass is 10.8. The summed E-state index contributed by atoms with van der Waals surface area (Å²) in [5, 5.41) is 0. The molecule has 0 aromatic carbocycles. The highest BCUT2D eigenvalue weighted by Crippen LogP contribution is 2.08. The van der Waals surface area contributed by atoms with Gasteiger partial charge in [-0.1, -0.05) is 0 Å². The second kappa shape index (κ2) is 5.45. The average molecular weight is 164 g/mol. The van der Waals surface area contributed by atoms with Crippen LogP contribution in [0.4, 0.5) is 0 Å². The maximum atomic E-state index is 5.31. The van der Waals surface area contributed by atoms with E-state index in [1.54, 1.807) is 0 Å². The average Bonchev–Trinajstić information content (AvgIpc) is 2.00. The van der Waals surface area contributed by atoms with Crippen LogP contribution in [0.15, 0.2) is 0 Å². The van der Waals surface area contributed by atoms with Gasteiger partial charge in [0, 0.05) is 23.0 Å². The number of hydrogen-bond acceptors (Lipinski definition) is 3. The predicted molar refractivity (Wildman–Crippen MR) is 45.5 cm³/mol. The Hall–Kier alpha value is 0.660. The standard InChI is InChI=1S/C6H12OS2/c1-3-8-5-6-9-4-2-7-1/h1-6H2. The van der Waals surface area contributed by atoms with Gasteiger partial charge in [0.2, 0.25) is 0 Å². The quantitative estimate of drug-likeness (QED) is 0.537. The molecule has 0 bridgehead atoms. The lowest BCUT2D eigenvalue weighted by molar-refractivity contribution is 0.167. The summed E-state index contributed by atoms with van der Waals surface area (Å²) < 4.78 is 5.31. The lowest BCUT2D eigenvalue weighted by Crippen LogP contribution is -1.99. The summed E-state index contributed by atoms with van der Waals surface area (Å²) in [5.41, 5.74) is 0. The van der Waals surface area contributed by atoms with E-state index in [0.29, 0.717) is 0 Å². The number of thioether (sulfide) groups is 2. The van der Waals surface area contributed by atoms with Crippen LogP contribution in [0.3, 0.4) is 0 Å². The van der Waals surface area contributed by atoms with Crippen molar-refractivity contribution in [3.05, 3.63) is 0 Å². The predicted octanol–water partition coefficient (Wildman–Crippen LogP) is 1.48. The first-order valence-electron chi connectivity index (χ1n) is 3.23. The van der Waals surface area contributed by atoms with Crippen molar-refractivity contribution in [1.29, 1.82) is 0 Å². The monoisotopic (exact) mass is 164 g/mol. The molecule has 0 aliphatic carbocycles. The molecule has 1 heterocycles. The van der Waals surface area contributed by atoms with Crippen molar-refractivity contribution >= 4 is 23.5 Å². The largest absolute Gasteiger partial charge is 0.380 e. The van der Waals surface area contributed by atoms with Crippen molar-refractivity contribution in [2.45, 2.75) is 0 Å². The molecule has 0 N–H and O–H groups in total. The number of hydrogen-bond donors (Lipinski definition) is 0. The number of ether oxygens (including phenoxy) is 1. The smallest absolute Gasteiger partial charge is 0.0557 e. The van der Waals surface area contributed by atoms with Gasteiger partial charge in [-0.3, -0.25) is 0 Å². The van der Waals surface area contributed by atoms with Gasteiger partial charge >= 0.3 is 0 Å². The van der Waals surface area contributed by atoms with Gasteiger partial charge in [-0.2, -0.15) is 23.5 Å². The molecule has 1 rings (SSSR count). The van der Waals surface area contributed by atoms with Crippen LogP contribution in [0.25, 0.3) is 0 Å². The van der Waals surface area contributed by atoms with E-state index >= 15 is 0 Å². The van der Waals surface area contributed by atoms with E-state index in [-0.39, 0.29) is 0 Å². The molecule has 54 valence electrons. The van der Waals surface area contributed by atoms with Crippen LogP contribution in [0.5, 0.6) is 0 Å². The summed E-state index contributed by atoms with van der Waals surface area (Å²) in [6, 6.07) is 0. The normalized spacial score (nSPS) is 24.0. The zero-order valence-electron chi connectivity index (χ0n) is 5.47. The van der Waals surface area contributed by atoms with Crippen molar-refractivity contribution < 1.29 is 4.74 Å². The molecule has 0 aromatic heterocycles. The molecule has 0 radical (unpaired) electrons. The first kappa shape index (κ1) is 7.76. The highest BCUT2D eigenvalue weighted by molar-refractivity contribution is 8.02.